The van der Waals surface area contributed by atoms with Crippen LogP contribution in [-0.2, 0) is 9.59 Å². The predicted octanol–water partition coefficient (Wildman–Crippen LogP) is 2.24. The van der Waals surface area contributed by atoms with Crippen molar-refractivity contribution in [3.05, 3.63) is 21.0 Å². The highest BCUT2D eigenvalue weighted by Crippen LogP contribution is 2.27. The van der Waals surface area contributed by atoms with Crippen LogP contribution < -0.4 is 4.90 Å². The average molecular weight is 339 g/mol. The molecule has 0 unspecified atom stereocenters. The molecular weight excluding hydrogens is 330 g/mol. The summed E-state index contributed by atoms with van der Waals surface area (Å²) in [4.78, 5) is 27.5. The molecule has 80 valence electrons. The second-order valence-electron chi connectivity index (χ2n) is 2.81. The second-order valence-corrected chi connectivity index (χ2v) is 4.25. The number of halogens is 2. The largest absolute Gasteiger partial charge is 0.274 e. The van der Waals surface area contributed by atoms with Crippen LogP contribution in [0.3, 0.4) is 0 Å². The number of carbonyl (C=O) groups is 2. The molecule has 0 aliphatic rings. The third-order valence-corrected chi connectivity index (χ3v) is 3.37. The molecule has 2 amide bonds. The molecule has 0 aliphatic heterocycles. The minimum Gasteiger partial charge on any atom is -0.274 e. The van der Waals surface area contributed by atoms with Gasteiger partial charge in [0.25, 0.3) is 0 Å². The molecule has 0 spiro atoms. The Morgan fingerprint density at radius 1 is 1.40 bits per heavy atom. The van der Waals surface area contributed by atoms with E-state index in [-0.39, 0.29) is 17.0 Å². The van der Waals surface area contributed by atoms with Crippen LogP contribution in [-0.4, -0.2) is 16.8 Å². The van der Waals surface area contributed by atoms with Crippen molar-refractivity contribution < 1.29 is 9.59 Å². The number of aromatic nitrogens is 1. The highest BCUT2D eigenvalue weighted by atomic mass is 127. The van der Waals surface area contributed by atoms with Gasteiger partial charge in [-0.25, -0.2) is 9.88 Å². The zero-order valence-electron chi connectivity index (χ0n) is 8.12. The molecule has 1 aromatic heterocycles. The maximum Gasteiger partial charge on any atom is 0.230 e. The summed E-state index contributed by atoms with van der Waals surface area (Å²) in [6.07, 6.45) is 1.46. The highest BCUT2D eigenvalue weighted by molar-refractivity contribution is 14.1. The van der Waals surface area contributed by atoms with Crippen LogP contribution >= 0.6 is 34.2 Å². The summed E-state index contributed by atoms with van der Waals surface area (Å²) >= 11 is 7.75. The van der Waals surface area contributed by atoms with Gasteiger partial charge in [-0.2, -0.15) is 0 Å². The quantitative estimate of drug-likeness (QED) is 0.583. The Morgan fingerprint density at radius 2 is 1.93 bits per heavy atom. The maximum absolute atomic E-state index is 11.3. The van der Waals surface area contributed by atoms with Crippen molar-refractivity contribution in [3.63, 3.8) is 0 Å². The smallest absolute Gasteiger partial charge is 0.230 e. The lowest BCUT2D eigenvalue weighted by molar-refractivity contribution is -0.124. The fraction of sp³-hybridized carbons (Fsp3) is 0.222. The third-order valence-electron chi connectivity index (χ3n) is 1.70. The number of carbonyl (C=O) groups excluding carboxylic acids is 2. The Morgan fingerprint density at radius 3 is 2.40 bits per heavy atom. The molecule has 0 aromatic carbocycles. The minimum atomic E-state index is -0.345. The van der Waals surface area contributed by atoms with E-state index < -0.39 is 0 Å². The molecule has 1 rings (SSSR count). The third kappa shape index (κ3) is 2.66. The summed E-state index contributed by atoms with van der Waals surface area (Å²) in [6.45, 7) is 2.65. The molecule has 15 heavy (non-hydrogen) atoms. The van der Waals surface area contributed by atoms with Crippen LogP contribution in [0.15, 0.2) is 12.3 Å². The Balaban J connectivity index is 3.29. The molecular formula is C9H8ClIN2O2. The maximum atomic E-state index is 11.3. The normalized spacial score (nSPS) is 9.87. The number of nitrogens with zero attached hydrogens (tertiary/aromatic N) is 2. The standard InChI is InChI=1S/C9H8ClIN2O2/c1-5(14)13(6(2)15)7-3-4-12-9(10)8(7)11/h3-4H,1-2H3. The summed E-state index contributed by atoms with van der Waals surface area (Å²) < 4.78 is 0.585. The van der Waals surface area contributed by atoms with Gasteiger partial charge in [0.05, 0.1) is 9.26 Å². The monoisotopic (exact) mass is 338 g/mol. The van der Waals surface area contributed by atoms with Crippen molar-refractivity contribution in [1.82, 2.24) is 4.98 Å². The van der Waals surface area contributed by atoms with E-state index >= 15 is 0 Å². The van der Waals surface area contributed by atoms with Crippen molar-refractivity contribution >= 4 is 51.7 Å². The first-order valence-corrected chi connectivity index (χ1v) is 5.52. The van der Waals surface area contributed by atoms with E-state index in [1.807, 2.05) is 22.6 Å². The Kier molecular flexibility index (Phi) is 4.04. The Bertz CT molecular complexity index is 409. The van der Waals surface area contributed by atoms with E-state index in [2.05, 4.69) is 4.98 Å². The molecule has 0 saturated carbocycles. The summed E-state index contributed by atoms with van der Waals surface area (Å²) in [5.41, 5.74) is 0.468. The van der Waals surface area contributed by atoms with Gasteiger partial charge in [-0.05, 0) is 28.7 Å². The van der Waals surface area contributed by atoms with E-state index in [0.29, 0.717) is 9.26 Å². The van der Waals surface area contributed by atoms with Gasteiger partial charge < -0.3 is 0 Å². The van der Waals surface area contributed by atoms with Crippen molar-refractivity contribution in [2.75, 3.05) is 4.90 Å². The van der Waals surface area contributed by atoms with Gasteiger partial charge in [0.15, 0.2) is 0 Å². The first-order valence-electron chi connectivity index (χ1n) is 4.06. The number of hydrogen-bond donors (Lipinski definition) is 0. The van der Waals surface area contributed by atoms with Crippen LogP contribution in [0.1, 0.15) is 13.8 Å². The van der Waals surface area contributed by atoms with Gasteiger partial charge in [0.2, 0.25) is 11.8 Å². The van der Waals surface area contributed by atoms with Crippen LogP contribution in [0.5, 0.6) is 0 Å². The molecule has 1 heterocycles. The fourth-order valence-electron chi connectivity index (χ4n) is 1.14. The van der Waals surface area contributed by atoms with Crippen molar-refractivity contribution in [3.8, 4) is 0 Å². The van der Waals surface area contributed by atoms with E-state index in [1.165, 1.54) is 20.0 Å². The minimum absolute atomic E-state index is 0.278. The van der Waals surface area contributed by atoms with Gasteiger partial charge >= 0.3 is 0 Å². The highest BCUT2D eigenvalue weighted by Gasteiger charge is 2.20. The Hall–Kier alpha value is -0.690. The number of amides is 2. The average Bonchev–Trinajstić information content (AvgIpc) is 2.11. The lowest BCUT2D eigenvalue weighted by Crippen LogP contribution is -2.33. The van der Waals surface area contributed by atoms with Crippen LogP contribution in [0, 0.1) is 3.57 Å². The van der Waals surface area contributed by atoms with Crippen LogP contribution in [0.4, 0.5) is 5.69 Å². The zero-order chi connectivity index (χ0) is 11.6. The van der Waals surface area contributed by atoms with Crippen molar-refractivity contribution in [2.24, 2.45) is 0 Å². The molecule has 0 radical (unpaired) electrons. The first kappa shape index (κ1) is 12.4. The van der Waals surface area contributed by atoms with Gasteiger partial charge in [0.1, 0.15) is 5.15 Å². The molecule has 0 bridgehead atoms. The molecule has 4 nitrogen and oxygen atoms in total. The number of pyridine rings is 1. The van der Waals surface area contributed by atoms with E-state index in [9.17, 15) is 9.59 Å². The number of imide groups is 1. The van der Waals surface area contributed by atoms with Crippen molar-refractivity contribution in [2.45, 2.75) is 13.8 Å². The first-order chi connectivity index (χ1) is 6.95. The van der Waals surface area contributed by atoms with Gasteiger partial charge in [-0.3, -0.25) is 9.59 Å². The van der Waals surface area contributed by atoms with Gasteiger partial charge in [-0.15, -0.1) is 0 Å². The van der Waals surface area contributed by atoms with Gasteiger partial charge in [-0.1, -0.05) is 11.6 Å². The van der Waals surface area contributed by atoms with E-state index in [1.54, 1.807) is 6.07 Å². The van der Waals surface area contributed by atoms with Crippen LogP contribution in [0.2, 0.25) is 5.15 Å². The van der Waals surface area contributed by atoms with Crippen molar-refractivity contribution in [1.29, 1.82) is 0 Å². The lowest BCUT2D eigenvalue weighted by atomic mass is 10.3. The molecule has 0 fully saturated rings. The molecule has 0 N–H and O–H groups in total. The topological polar surface area (TPSA) is 50.3 Å². The lowest BCUT2D eigenvalue weighted by Gasteiger charge is -2.18. The Labute approximate surface area is 106 Å². The SMILES string of the molecule is CC(=O)N(C(C)=O)c1ccnc(Cl)c1I. The molecule has 0 atom stereocenters. The molecule has 1 aromatic rings. The summed E-state index contributed by atoms with van der Waals surface area (Å²) in [7, 11) is 0. The summed E-state index contributed by atoms with van der Waals surface area (Å²) in [5, 5.41) is 0.278. The van der Waals surface area contributed by atoms with Crippen LogP contribution in [0.25, 0.3) is 0 Å². The van der Waals surface area contributed by atoms with E-state index in [0.717, 1.165) is 4.90 Å². The number of rotatable bonds is 1. The molecule has 0 aliphatic carbocycles. The summed E-state index contributed by atoms with van der Waals surface area (Å²) in [5.74, 6) is -0.689. The second kappa shape index (κ2) is 4.89. The molecule has 0 saturated heterocycles. The predicted molar refractivity (Wildman–Crippen MR) is 65.8 cm³/mol. The molecule has 6 heteroatoms. The summed E-state index contributed by atoms with van der Waals surface area (Å²) in [6, 6.07) is 1.58. The van der Waals surface area contributed by atoms with Gasteiger partial charge in [0, 0.05) is 20.0 Å². The number of anilines is 1. The fourth-order valence-corrected chi connectivity index (χ4v) is 1.86. The number of hydrogen-bond acceptors (Lipinski definition) is 3. The van der Waals surface area contributed by atoms with E-state index in [4.69, 9.17) is 11.6 Å². The zero-order valence-corrected chi connectivity index (χ0v) is 11.0.